The Morgan fingerprint density at radius 3 is 2.63 bits per heavy atom. The summed E-state index contributed by atoms with van der Waals surface area (Å²) in [6, 6.07) is 7.07. The highest BCUT2D eigenvalue weighted by Crippen LogP contribution is 2.38. The smallest absolute Gasteiger partial charge is 0.323 e. The molecule has 1 saturated heterocycles. The average molecular weight is 650 g/mol. The number of fused-ring (bicyclic) bond motifs is 1. The Balaban J connectivity index is 0.000000353. The van der Waals surface area contributed by atoms with E-state index < -0.39 is 34.3 Å². The predicted molar refractivity (Wildman–Crippen MR) is 175 cm³/mol. The summed E-state index contributed by atoms with van der Waals surface area (Å²) >= 11 is 6.09. The van der Waals surface area contributed by atoms with E-state index in [1.807, 2.05) is 0 Å². The number of para-hydroxylation sites is 2. The maximum absolute atomic E-state index is 12.4. The molecule has 2 N–H and O–H groups in total. The molecule has 234 valence electrons. The van der Waals surface area contributed by atoms with Gasteiger partial charge < -0.3 is 14.7 Å². The fraction of sp³-hybridized carbons (Fsp3) is 0.467. The molecule has 0 unspecified atom stereocenters. The molecule has 0 aliphatic carbocycles. The summed E-state index contributed by atoms with van der Waals surface area (Å²) in [4.78, 5) is 30.7. The SMILES string of the molecule is CC(=C\C=C1/Oc2ccccc2N1CCS(=O)(=O)O)/C=C1/SC(=S)N(CC(=O)O)C1=O.CCCCCCC1=NCCCC1. The number of hydrogen-bond acceptors (Lipinski definition) is 9. The van der Waals surface area contributed by atoms with E-state index in [9.17, 15) is 18.0 Å². The van der Waals surface area contributed by atoms with Crippen molar-refractivity contribution in [3.8, 4) is 5.75 Å². The lowest BCUT2D eigenvalue weighted by atomic mass is 10.0. The van der Waals surface area contributed by atoms with Crippen molar-refractivity contribution >= 4 is 61.7 Å². The number of unbranched alkanes of at least 4 members (excludes halogenated alkanes) is 3. The Morgan fingerprint density at radius 2 is 1.95 bits per heavy atom. The molecule has 13 heteroatoms. The molecular weight excluding hydrogens is 611 g/mol. The Hall–Kier alpha value is -3.00. The van der Waals surface area contributed by atoms with Gasteiger partial charge in [-0.1, -0.05) is 68.4 Å². The maximum atomic E-state index is 12.4. The summed E-state index contributed by atoms with van der Waals surface area (Å²) < 4.78 is 37.4. The number of rotatable bonds is 12. The first kappa shape index (κ1) is 34.5. The van der Waals surface area contributed by atoms with Crippen LogP contribution in [0.2, 0.25) is 0 Å². The predicted octanol–water partition coefficient (Wildman–Crippen LogP) is 5.97. The minimum atomic E-state index is -4.16. The third-order valence-electron chi connectivity index (χ3n) is 6.75. The van der Waals surface area contributed by atoms with E-state index in [-0.39, 0.29) is 10.9 Å². The second-order valence-electron chi connectivity index (χ2n) is 10.3. The summed E-state index contributed by atoms with van der Waals surface area (Å²) in [5.74, 6) is -1.20. The lowest BCUT2D eigenvalue weighted by Crippen LogP contribution is -2.33. The second-order valence-corrected chi connectivity index (χ2v) is 13.5. The number of ether oxygens (including phenoxy) is 1. The number of carboxylic acids is 1. The normalized spacial score (nSPS) is 18.9. The van der Waals surface area contributed by atoms with E-state index in [0.717, 1.165) is 23.2 Å². The Kier molecular flexibility index (Phi) is 13.4. The number of nitrogens with zero attached hydrogens (tertiary/aromatic N) is 3. The fourth-order valence-electron chi connectivity index (χ4n) is 4.56. The molecule has 0 aromatic heterocycles. The number of carbonyl (C=O) groups excluding carboxylic acids is 1. The van der Waals surface area contributed by atoms with Crippen LogP contribution in [-0.4, -0.2) is 70.3 Å². The highest BCUT2D eigenvalue weighted by atomic mass is 32.2. The number of thiocarbonyl (C=S) groups is 1. The number of benzene rings is 1. The Morgan fingerprint density at radius 1 is 1.19 bits per heavy atom. The first-order valence-corrected chi connectivity index (χ1v) is 17.2. The number of carbonyl (C=O) groups is 2. The molecule has 1 amide bonds. The van der Waals surface area contributed by atoms with Gasteiger partial charge in [0.25, 0.3) is 16.0 Å². The number of thioether (sulfide) groups is 1. The zero-order valence-corrected chi connectivity index (χ0v) is 27.0. The summed E-state index contributed by atoms with van der Waals surface area (Å²) in [5, 5.41) is 8.90. The third-order valence-corrected chi connectivity index (χ3v) is 8.83. The van der Waals surface area contributed by atoms with Crippen molar-refractivity contribution in [3.05, 3.63) is 58.9 Å². The minimum absolute atomic E-state index is 0.0115. The molecule has 3 aliphatic rings. The van der Waals surface area contributed by atoms with Gasteiger partial charge in [-0.25, -0.2) is 0 Å². The number of aliphatic carboxylic acids is 1. The number of hydrogen-bond donors (Lipinski definition) is 2. The quantitative estimate of drug-likeness (QED) is 0.121. The fourth-order valence-corrected chi connectivity index (χ4v) is 6.28. The van der Waals surface area contributed by atoms with E-state index in [1.54, 1.807) is 54.3 Å². The molecule has 3 heterocycles. The molecule has 1 fully saturated rings. The molecule has 43 heavy (non-hydrogen) atoms. The first-order valence-electron chi connectivity index (χ1n) is 14.4. The van der Waals surface area contributed by atoms with Gasteiger partial charge in [0.05, 0.1) is 16.3 Å². The van der Waals surface area contributed by atoms with Crippen molar-refractivity contribution in [2.24, 2.45) is 4.99 Å². The maximum Gasteiger partial charge on any atom is 0.323 e. The van der Waals surface area contributed by atoms with Gasteiger partial charge >= 0.3 is 5.97 Å². The van der Waals surface area contributed by atoms with Crippen molar-refractivity contribution in [2.75, 3.05) is 30.3 Å². The van der Waals surface area contributed by atoms with E-state index in [0.29, 0.717) is 27.8 Å². The average Bonchev–Trinajstić information content (AvgIpc) is 3.45. The van der Waals surface area contributed by atoms with Crippen LogP contribution in [0.1, 0.15) is 65.2 Å². The van der Waals surface area contributed by atoms with Crippen LogP contribution in [0.15, 0.2) is 63.8 Å². The molecule has 0 bridgehead atoms. The molecule has 0 radical (unpaired) electrons. The van der Waals surface area contributed by atoms with Gasteiger partial charge in [0, 0.05) is 18.8 Å². The van der Waals surface area contributed by atoms with Gasteiger partial charge in [0.2, 0.25) is 5.88 Å². The topological polar surface area (TPSA) is 137 Å². The lowest BCUT2D eigenvalue weighted by Gasteiger charge is -2.17. The van der Waals surface area contributed by atoms with E-state index >= 15 is 0 Å². The molecule has 0 saturated carbocycles. The molecule has 0 spiro atoms. The van der Waals surface area contributed by atoms with Gasteiger partial charge in [-0.05, 0) is 68.9 Å². The number of aliphatic imine (C=N–C) groups is 1. The number of amides is 1. The minimum Gasteiger partial charge on any atom is -0.480 e. The first-order chi connectivity index (χ1) is 20.5. The van der Waals surface area contributed by atoms with Crippen molar-refractivity contribution in [1.29, 1.82) is 0 Å². The highest BCUT2D eigenvalue weighted by Gasteiger charge is 2.33. The van der Waals surface area contributed by atoms with Crippen LogP contribution >= 0.6 is 24.0 Å². The van der Waals surface area contributed by atoms with Crippen LogP contribution in [0.25, 0.3) is 0 Å². The van der Waals surface area contributed by atoms with Crippen LogP contribution in [0.3, 0.4) is 0 Å². The monoisotopic (exact) mass is 649 g/mol. The van der Waals surface area contributed by atoms with Crippen LogP contribution in [0.4, 0.5) is 5.69 Å². The van der Waals surface area contributed by atoms with E-state index in [4.69, 9.17) is 26.6 Å². The lowest BCUT2D eigenvalue weighted by molar-refractivity contribution is -0.140. The summed E-state index contributed by atoms with van der Waals surface area (Å²) in [6.07, 6.45) is 15.6. The highest BCUT2D eigenvalue weighted by molar-refractivity contribution is 8.26. The molecular formula is C30H39N3O7S3. The largest absolute Gasteiger partial charge is 0.480 e. The molecule has 1 aromatic rings. The Labute approximate surface area is 263 Å². The molecule has 4 rings (SSSR count). The number of anilines is 1. The van der Waals surface area contributed by atoms with Gasteiger partial charge in [-0.2, -0.15) is 8.42 Å². The van der Waals surface area contributed by atoms with Crippen molar-refractivity contribution in [1.82, 2.24) is 4.90 Å². The molecule has 0 atom stereocenters. The van der Waals surface area contributed by atoms with Crippen molar-refractivity contribution < 1.29 is 32.4 Å². The van der Waals surface area contributed by atoms with Gasteiger partial charge in [-0.3, -0.25) is 24.0 Å². The van der Waals surface area contributed by atoms with Crippen LogP contribution < -0.4 is 9.64 Å². The zero-order valence-electron chi connectivity index (χ0n) is 24.5. The zero-order chi connectivity index (χ0) is 31.4. The van der Waals surface area contributed by atoms with Gasteiger partial charge in [-0.15, -0.1) is 0 Å². The van der Waals surface area contributed by atoms with Crippen molar-refractivity contribution in [3.63, 3.8) is 0 Å². The van der Waals surface area contributed by atoms with Gasteiger partial charge in [0.15, 0.2) is 5.75 Å². The standard InChI is InChI=1S/C19H18N2O7S3.C11H21N/c1-12(10-15-18(24)21(11-17(22)23)19(29)30-15)6-7-16-20(8-9-31(25,26)27)13-4-2-3-5-14(13)28-16;1-2-3-4-5-8-11-9-6-7-10-12-11/h2-7,10H,8-9,11H2,1H3,(H,22,23)(H,25,26,27);2-10H2,1H3/b12-6+,15-10+,16-7-;. The van der Waals surface area contributed by atoms with Crippen LogP contribution in [0.5, 0.6) is 5.75 Å². The van der Waals surface area contributed by atoms with Crippen LogP contribution in [-0.2, 0) is 19.7 Å². The summed E-state index contributed by atoms with van der Waals surface area (Å²) in [7, 11) is -4.16. The molecule has 3 aliphatic heterocycles. The number of allylic oxidation sites excluding steroid dienone is 4. The summed E-state index contributed by atoms with van der Waals surface area (Å²) in [6.45, 7) is 4.60. The van der Waals surface area contributed by atoms with E-state index in [1.165, 1.54) is 57.1 Å². The van der Waals surface area contributed by atoms with Crippen molar-refractivity contribution in [2.45, 2.75) is 65.2 Å². The third kappa shape index (κ3) is 11.2. The van der Waals surface area contributed by atoms with Gasteiger partial charge in [0.1, 0.15) is 10.9 Å². The van der Waals surface area contributed by atoms with E-state index in [2.05, 4.69) is 11.9 Å². The molecule has 1 aromatic carbocycles. The molecule has 10 nitrogen and oxygen atoms in total. The summed E-state index contributed by atoms with van der Waals surface area (Å²) in [5.41, 5.74) is 2.83. The van der Waals surface area contributed by atoms with Crippen LogP contribution in [0, 0.1) is 0 Å². The Bertz CT molecular complexity index is 1420. The second kappa shape index (κ2) is 16.7. The number of carboxylic acid groups (broad SMARTS) is 1.